The van der Waals surface area contributed by atoms with Crippen molar-refractivity contribution in [3.8, 4) is 0 Å². The maximum Gasteiger partial charge on any atom is 0.186 e. The molecule has 15 heavy (non-hydrogen) atoms. The fourth-order valence-electron chi connectivity index (χ4n) is 1.06. The van der Waals surface area contributed by atoms with Crippen LogP contribution >= 0.6 is 0 Å². The second-order valence-corrected chi connectivity index (χ2v) is 5.59. The molecule has 0 fully saturated rings. The Morgan fingerprint density at radius 3 is 2.13 bits per heavy atom. The van der Waals surface area contributed by atoms with Crippen LogP contribution in [0.5, 0.6) is 0 Å². The predicted octanol–water partition coefficient (Wildman–Crippen LogP) is -0.0929. The van der Waals surface area contributed by atoms with Crippen LogP contribution in [-0.4, -0.2) is 19.6 Å². The van der Waals surface area contributed by atoms with Crippen molar-refractivity contribution in [1.29, 1.82) is 0 Å². The van der Waals surface area contributed by atoms with Gasteiger partial charge in [0.15, 0.2) is 9.84 Å². The summed E-state index contributed by atoms with van der Waals surface area (Å²) in [5.74, 6) is -1.59. The highest BCUT2D eigenvalue weighted by Crippen LogP contribution is 2.16. The Balaban J connectivity index is 3.17. The number of aliphatic carboxylic acids is 1. The van der Waals surface area contributed by atoms with Crippen LogP contribution in [0, 0.1) is 6.92 Å². The highest BCUT2D eigenvalue weighted by Gasteiger charge is 2.23. The van der Waals surface area contributed by atoms with Crippen LogP contribution in [0.2, 0.25) is 0 Å². The van der Waals surface area contributed by atoms with E-state index in [0.717, 1.165) is 12.5 Å². The van der Waals surface area contributed by atoms with Crippen molar-refractivity contribution in [2.75, 3.05) is 0 Å². The number of carbonyl (C=O) groups is 1. The number of sulfone groups is 1. The number of hydrogen-bond acceptors (Lipinski definition) is 4. The molecule has 0 radical (unpaired) electrons. The first-order chi connectivity index (χ1) is 6.85. The van der Waals surface area contributed by atoms with Crippen molar-refractivity contribution in [3.63, 3.8) is 0 Å². The zero-order chi connectivity index (χ0) is 11.6. The van der Waals surface area contributed by atoms with Gasteiger partial charge in [-0.1, -0.05) is 17.7 Å². The van der Waals surface area contributed by atoms with Gasteiger partial charge in [0.05, 0.1) is 10.9 Å². The lowest BCUT2D eigenvalue weighted by Gasteiger charge is -2.13. The van der Waals surface area contributed by atoms with Gasteiger partial charge in [0.25, 0.3) is 0 Å². The molecule has 0 aromatic heterocycles. The van der Waals surface area contributed by atoms with E-state index in [0.29, 0.717) is 0 Å². The summed E-state index contributed by atoms with van der Waals surface area (Å²) in [6, 6.07) is 6.03. The van der Waals surface area contributed by atoms with Gasteiger partial charge in [0.2, 0.25) is 0 Å². The lowest BCUT2D eigenvalue weighted by molar-refractivity contribution is -0.304. The molecule has 1 atom stereocenters. The third-order valence-electron chi connectivity index (χ3n) is 2.15. The monoisotopic (exact) mass is 227 g/mol. The molecular formula is C10H11O4S-. The molecule has 0 aliphatic rings. The van der Waals surface area contributed by atoms with Gasteiger partial charge in [-0.3, -0.25) is 0 Å². The molecule has 0 bridgehead atoms. The number of aryl methyl sites for hydroxylation is 1. The van der Waals surface area contributed by atoms with Gasteiger partial charge in [-0.2, -0.15) is 0 Å². The van der Waals surface area contributed by atoms with Crippen LogP contribution < -0.4 is 5.11 Å². The average Bonchev–Trinajstić information content (AvgIpc) is 2.17. The van der Waals surface area contributed by atoms with E-state index in [1.807, 2.05) is 6.92 Å². The van der Waals surface area contributed by atoms with E-state index in [1.54, 1.807) is 12.1 Å². The minimum absolute atomic E-state index is 0.00444. The number of benzene rings is 1. The van der Waals surface area contributed by atoms with E-state index >= 15 is 0 Å². The van der Waals surface area contributed by atoms with Crippen LogP contribution in [0.25, 0.3) is 0 Å². The van der Waals surface area contributed by atoms with E-state index in [9.17, 15) is 18.3 Å². The average molecular weight is 227 g/mol. The van der Waals surface area contributed by atoms with E-state index in [-0.39, 0.29) is 4.90 Å². The summed E-state index contributed by atoms with van der Waals surface area (Å²) < 4.78 is 23.3. The highest BCUT2D eigenvalue weighted by molar-refractivity contribution is 7.92. The summed E-state index contributed by atoms with van der Waals surface area (Å²) in [5, 5.41) is 8.97. The van der Waals surface area contributed by atoms with Crippen LogP contribution in [0.3, 0.4) is 0 Å². The third-order valence-corrected chi connectivity index (χ3v) is 4.20. The van der Waals surface area contributed by atoms with Gasteiger partial charge in [-0.15, -0.1) is 0 Å². The fourth-order valence-corrected chi connectivity index (χ4v) is 2.24. The summed E-state index contributed by atoms with van der Waals surface area (Å²) in [6.45, 7) is 2.92. The van der Waals surface area contributed by atoms with E-state index in [1.165, 1.54) is 12.1 Å². The van der Waals surface area contributed by atoms with Crippen molar-refractivity contribution in [1.82, 2.24) is 0 Å². The maximum absolute atomic E-state index is 11.7. The Morgan fingerprint density at radius 2 is 1.73 bits per heavy atom. The molecule has 0 unspecified atom stereocenters. The normalized spacial score (nSPS) is 13.5. The second-order valence-electron chi connectivity index (χ2n) is 3.32. The standard InChI is InChI=1S/C10H12O4S/c1-7-3-5-9(6-4-7)15(13,14)8(2)10(11)12/h3-6,8H,1-2H3,(H,11,12)/p-1/t8-/m0/s1. The molecule has 0 spiro atoms. The van der Waals surface area contributed by atoms with Gasteiger partial charge in [-0.25, -0.2) is 8.42 Å². The van der Waals surface area contributed by atoms with Gasteiger partial charge < -0.3 is 9.90 Å². The van der Waals surface area contributed by atoms with Crippen molar-refractivity contribution in [2.24, 2.45) is 0 Å². The van der Waals surface area contributed by atoms with Crippen LogP contribution in [0.15, 0.2) is 29.2 Å². The number of carboxylic acid groups (broad SMARTS) is 1. The predicted molar refractivity (Wildman–Crippen MR) is 52.8 cm³/mol. The molecule has 0 saturated heterocycles. The largest absolute Gasteiger partial charge is 0.549 e. The van der Waals surface area contributed by atoms with Crippen molar-refractivity contribution in [3.05, 3.63) is 29.8 Å². The van der Waals surface area contributed by atoms with E-state index in [2.05, 4.69) is 0 Å². The number of carbonyl (C=O) groups excluding carboxylic acids is 1. The Bertz CT molecular complexity index is 459. The second kappa shape index (κ2) is 4.02. The maximum atomic E-state index is 11.7. The van der Waals surface area contributed by atoms with Crippen molar-refractivity contribution in [2.45, 2.75) is 24.0 Å². The topological polar surface area (TPSA) is 74.3 Å². The van der Waals surface area contributed by atoms with Gasteiger partial charge in [0.1, 0.15) is 5.25 Å². The summed E-state index contributed by atoms with van der Waals surface area (Å²) in [6.07, 6.45) is 0. The summed E-state index contributed by atoms with van der Waals surface area (Å²) in [5.41, 5.74) is 0.912. The smallest absolute Gasteiger partial charge is 0.186 e. The SMILES string of the molecule is Cc1ccc(S(=O)(=O)[C@@H](C)C(=O)[O-])cc1. The first kappa shape index (κ1) is 11.7. The summed E-state index contributed by atoms with van der Waals surface area (Å²) >= 11 is 0. The molecule has 5 heteroatoms. The first-order valence-corrected chi connectivity index (χ1v) is 5.92. The van der Waals surface area contributed by atoms with E-state index in [4.69, 9.17) is 0 Å². The summed E-state index contributed by atoms with van der Waals surface area (Å²) in [7, 11) is -3.82. The van der Waals surface area contributed by atoms with Crippen molar-refractivity contribution < 1.29 is 18.3 Å². The molecule has 0 N–H and O–H groups in total. The lowest BCUT2D eigenvalue weighted by Crippen LogP contribution is -2.38. The Hall–Kier alpha value is -1.36. The molecule has 1 aromatic carbocycles. The molecule has 0 saturated carbocycles. The summed E-state index contributed by atoms with van der Waals surface area (Å²) in [4.78, 5) is 10.5. The van der Waals surface area contributed by atoms with Crippen LogP contribution in [0.4, 0.5) is 0 Å². The number of rotatable bonds is 3. The third kappa shape index (κ3) is 2.36. The number of hydrogen-bond donors (Lipinski definition) is 0. The molecule has 4 nitrogen and oxygen atoms in total. The van der Waals surface area contributed by atoms with E-state index < -0.39 is 21.1 Å². The quantitative estimate of drug-likeness (QED) is 0.723. The van der Waals surface area contributed by atoms with Crippen molar-refractivity contribution >= 4 is 15.8 Å². The van der Waals surface area contributed by atoms with Crippen LogP contribution in [0.1, 0.15) is 12.5 Å². The molecule has 0 amide bonds. The minimum atomic E-state index is -3.82. The fraction of sp³-hybridized carbons (Fsp3) is 0.300. The molecular weight excluding hydrogens is 216 g/mol. The zero-order valence-corrected chi connectivity index (χ0v) is 9.24. The Kier molecular flexibility index (Phi) is 3.14. The molecule has 0 heterocycles. The number of carboxylic acids is 1. The van der Waals surface area contributed by atoms with Gasteiger partial charge >= 0.3 is 0 Å². The first-order valence-electron chi connectivity index (χ1n) is 4.37. The zero-order valence-electron chi connectivity index (χ0n) is 8.43. The van der Waals surface area contributed by atoms with Crippen LogP contribution in [-0.2, 0) is 14.6 Å². The molecule has 0 aliphatic carbocycles. The Morgan fingerprint density at radius 1 is 1.27 bits per heavy atom. The minimum Gasteiger partial charge on any atom is -0.549 e. The molecule has 0 aliphatic heterocycles. The van der Waals surface area contributed by atoms with Gasteiger partial charge in [0, 0.05) is 0 Å². The molecule has 1 aromatic rings. The van der Waals surface area contributed by atoms with Gasteiger partial charge in [-0.05, 0) is 26.0 Å². The molecule has 1 rings (SSSR count). The lowest BCUT2D eigenvalue weighted by atomic mass is 10.2. The Labute approximate surface area is 88.5 Å². The molecule has 82 valence electrons. The highest BCUT2D eigenvalue weighted by atomic mass is 32.2.